The summed E-state index contributed by atoms with van der Waals surface area (Å²) in [6.45, 7) is 1.10. The van der Waals surface area contributed by atoms with Crippen LogP contribution in [0.2, 0.25) is 0 Å². The number of fused-ring (bicyclic) bond motifs is 2. The number of nitrogens with one attached hydrogen (secondary N) is 1. The van der Waals surface area contributed by atoms with E-state index in [0.717, 1.165) is 25.0 Å². The van der Waals surface area contributed by atoms with Crippen molar-refractivity contribution in [1.82, 2.24) is 4.72 Å². The minimum atomic E-state index is -4.43. The van der Waals surface area contributed by atoms with Crippen molar-refractivity contribution in [3.8, 4) is 0 Å². The number of nitrogens with zero attached hydrogens (tertiary/aromatic N) is 2. The van der Waals surface area contributed by atoms with Crippen molar-refractivity contribution >= 4 is 21.3 Å². The van der Waals surface area contributed by atoms with Crippen LogP contribution in [0.1, 0.15) is 23.1 Å². The van der Waals surface area contributed by atoms with Crippen molar-refractivity contribution in [2.24, 2.45) is 4.36 Å². The maximum atomic E-state index is 13.2. The van der Waals surface area contributed by atoms with Gasteiger partial charge < -0.3 is 4.90 Å². The first-order valence-corrected chi connectivity index (χ1v) is 12.3. The predicted molar refractivity (Wildman–Crippen MR) is 126 cm³/mol. The van der Waals surface area contributed by atoms with Gasteiger partial charge >= 0.3 is 6.18 Å². The Morgan fingerprint density at radius 2 is 1.45 bits per heavy atom. The topological polar surface area (TPSA) is 44.7 Å². The fourth-order valence-electron chi connectivity index (χ4n) is 4.14. The van der Waals surface area contributed by atoms with Crippen LogP contribution in [0.5, 0.6) is 0 Å². The first-order chi connectivity index (χ1) is 15.8. The minimum Gasteiger partial charge on any atom is -0.341 e. The van der Waals surface area contributed by atoms with Gasteiger partial charge in [0.25, 0.3) is 0 Å². The number of para-hydroxylation sites is 2. The summed E-state index contributed by atoms with van der Waals surface area (Å²) in [6.07, 6.45) is -1.82. The molecular weight excluding hydrogens is 447 g/mol. The van der Waals surface area contributed by atoms with E-state index in [1.54, 1.807) is 0 Å². The van der Waals surface area contributed by atoms with Crippen LogP contribution in [-0.4, -0.2) is 24.3 Å². The molecule has 1 aliphatic heterocycles. The second kappa shape index (κ2) is 9.57. The number of alkyl halides is 3. The zero-order valence-corrected chi connectivity index (χ0v) is 19.1. The molecule has 0 spiro atoms. The molecule has 1 atom stereocenters. The van der Waals surface area contributed by atoms with E-state index in [4.69, 9.17) is 0 Å². The third kappa shape index (κ3) is 5.07. The van der Waals surface area contributed by atoms with Crippen molar-refractivity contribution in [3.05, 3.63) is 89.5 Å². The summed E-state index contributed by atoms with van der Waals surface area (Å²) in [4.78, 5) is 2.53. The molecule has 3 aromatic rings. The van der Waals surface area contributed by atoms with E-state index in [1.807, 2.05) is 12.1 Å². The summed E-state index contributed by atoms with van der Waals surface area (Å²) in [6, 6.07) is 21.1. The number of rotatable bonds is 6. The van der Waals surface area contributed by atoms with Crippen molar-refractivity contribution in [2.75, 3.05) is 25.0 Å². The lowest BCUT2D eigenvalue weighted by molar-refractivity contribution is -0.137. The molecule has 0 saturated carbocycles. The van der Waals surface area contributed by atoms with E-state index < -0.39 is 21.7 Å². The Labute approximate surface area is 192 Å². The van der Waals surface area contributed by atoms with Gasteiger partial charge in [-0.25, -0.2) is 13.3 Å². The molecule has 8 heteroatoms. The van der Waals surface area contributed by atoms with Gasteiger partial charge in [-0.05, 0) is 66.8 Å². The molecule has 174 valence electrons. The lowest BCUT2D eigenvalue weighted by Gasteiger charge is -2.27. The van der Waals surface area contributed by atoms with Gasteiger partial charge in [-0.2, -0.15) is 13.2 Å². The zero-order valence-electron chi connectivity index (χ0n) is 18.3. The molecule has 0 bridgehead atoms. The fourth-order valence-corrected chi connectivity index (χ4v) is 5.57. The summed E-state index contributed by atoms with van der Waals surface area (Å²) >= 11 is 0. The Morgan fingerprint density at radius 3 is 1.97 bits per heavy atom. The van der Waals surface area contributed by atoms with Crippen LogP contribution < -0.4 is 9.62 Å². The first-order valence-electron chi connectivity index (χ1n) is 10.8. The number of anilines is 2. The van der Waals surface area contributed by atoms with E-state index in [-0.39, 0.29) is 4.90 Å². The second-order valence-electron chi connectivity index (χ2n) is 7.89. The van der Waals surface area contributed by atoms with Crippen LogP contribution in [0.15, 0.2) is 82.1 Å². The van der Waals surface area contributed by atoms with E-state index in [1.165, 1.54) is 41.7 Å². The highest BCUT2D eigenvalue weighted by atomic mass is 32.2. The Hall–Kier alpha value is -2.84. The maximum absolute atomic E-state index is 13.2. The smallest absolute Gasteiger partial charge is 0.341 e. The molecule has 0 aliphatic carbocycles. The summed E-state index contributed by atoms with van der Waals surface area (Å²) in [5, 5.41) is 0. The Kier molecular flexibility index (Phi) is 6.76. The molecule has 1 N–H and O–H groups in total. The monoisotopic (exact) mass is 473 g/mol. The summed E-state index contributed by atoms with van der Waals surface area (Å²) in [5.74, 6) is 0. The average molecular weight is 474 g/mol. The SMILES string of the molecule is CN=S(=O)(NCCCN1c2ccccc2CCc2ccccc21)c1ccc(C(F)(F)F)cc1. The van der Waals surface area contributed by atoms with Gasteiger partial charge in [-0.1, -0.05) is 36.4 Å². The van der Waals surface area contributed by atoms with Gasteiger partial charge in [0.05, 0.1) is 10.5 Å². The molecular formula is C25H26F3N3OS. The largest absolute Gasteiger partial charge is 0.416 e. The number of aryl methyl sites for hydroxylation is 2. The fraction of sp³-hybridized carbons (Fsp3) is 0.280. The normalized spacial score (nSPS) is 15.2. The van der Waals surface area contributed by atoms with E-state index in [9.17, 15) is 17.4 Å². The summed E-state index contributed by atoms with van der Waals surface area (Å²) in [7, 11) is -1.60. The van der Waals surface area contributed by atoms with Gasteiger partial charge in [-0.15, -0.1) is 0 Å². The Balaban J connectivity index is 1.48. The molecule has 0 amide bonds. The quantitative estimate of drug-likeness (QED) is 0.447. The Bertz CT molecular complexity index is 1180. The van der Waals surface area contributed by atoms with E-state index in [2.05, 4.69) is 50.4 Å². The highest BCUT2D eigenvalue weighted by molar-refractivity contribution is 7.91. The summed E-state index contributed by atoms with van der Waals surface area (Å²) < 4.78 is 58.7. The Morgan fingerprint density at radius 1 is 0.909 bits per heavy atom. The van der Waals surface area contributed by atoms with Crippen LogP contribution >= 0.6 is 0 Å². The molecule has 4 rings (SSSR count). The third-order valence-electron chi connectivity index (χ3n) is 5.84. The first kappa shape index (κ1) is 23.3. The lowest BCUT2D eigenvalue weighted by atomic mass is 10.0. The molecule has 4 nitrogen and oxygen atoms in total. The van der Waals surface area contributed by atoms with Gasteiger partial charge in [0.2, 0.25) is 0 Å². The van der Waals surface area contributed by atoms with Crippen molar-refractivity contribution < 1.29 is 17.4 Å². The van der Waals surface area contributed by atoms with Crippen LogP contribution in [0, 0.1) is 0 Å². The van der Waals surface area contributed by atoms with Crippen LogP contribution in [0.4, 0.5) is 24.5 Å². The van der Waals surface area contributed by atoms with Gasteiger partial charge in [-0.3, -0.25) is 0 Å². The van der Waals surface area contributed by atoms with Crippen molar-refractivity contribution in [3.63, 3.8) is 0 Å². The van der Waals surface area contributed by atoms with E-state index in [0.29, 0.717) is 19.5 Å². The zero-order chi connectivity index (χ0) is 23.5. The van der Waals surface area contributed by atoms with Crippen LogP contribution in [0.3, 0.4) is 0 Å². The van der Waals surface area contributed by atoms with Crippen LogP contribution in [-0.2, 0) is 28.9 Å². The molecule has 0 aromatic heterocycles. The number of hydrogen-bond donors (Lipinski definition) is 1. The van der Waals surface area contributed by atoms with Gasteiger partial charge in [0.1, 0.15) is 9.92 Å². The molecule has 0 fully saturated rings. The molecule has 3 aromatic carbocycles. The van der Waals surface area contributed by atoms with E-state index >= 15 is 0 Å². The van der Waals surface area contributed by atoms with Gasteiger partial charge in [0, 0.05) is 31.5 Å². The summed E-state index contributed by atoms with van der Waals surface area (Å²) in [5.41, 5.74) is 4.15. The highest BCUT2D eigenvalue weighted by Crippen LogP contribution is 2.36. The molecule has 0 saturated heterocycles. The standard InChI is InChI=1S/C25H26F3N3OS/c1-29-33(32,22-15-13-21(14-16-22)25(26,27)28)30-17-6-18-31-23-9-4-2-7-19(23)11-12-20-8-3-5-10-24(20)31/h2-5,7-10,13-16H,6,11-12,17-18H2,1H3,(H,29,30,32). The minimum absolute atomic E-state index is 0.239. The van der Waals surface area contributed by atoms with Crippen LogP contribution in [0.25, 0.3) is 0 Å². The highest BCUT2D eigenvalue weighted by Gasteiger charge is 2.30. The maximum Gasteiger partial charge on any atom is 0.416 e. The molecule has 1 heterocycles. The molecule has 0 radical (unpaired) electrons. The average Bonchev–Trinajstić information content (AvgIpc) is 2.98. The molecule has 1 unspecified atom stereocenters. The number of hydrogen-bond acceptors (Lipinski definition) is 3. The third-order valence-corrected chi connectivity index (χ3v) is 7.86. The molecule has 1 aliphatic rings. The second-order valence-corrected chi connectivity index (χ2v) is 10.1. The van der Waals surface area contributed by atoms with Gasteiger partial charge in [0.15, 0.2) is 0 Å². The van der Waals surface area contributed by atoms with Crippen molar-refractivity contribution in [1.29, 1.82) is 0 Å². The predicted octanol–water partition coefficient (Wildman–Crippen LogP) is 5.99. The molecule has 33 heavy (non-hydrogen) atoms. The van der Waals surface area contributed by atoms with Crippen molar-refractivity contribution in [2.45, 2.75) is 30.3 Å². The number of halogens is 3. The lowest BCUT2D eigenvalue weighted by Crippen LogP contribution is -2.28. The number of benzene rings is 3.